The first-order valence-corrected chi connectivity index (χ1v) is 12.9. The number of carbonyl (C=O) groups excluding carboxylic acids is 2. The fraction of sp³-hybridized carbons (Fsp3) is 0.692. The topological polar surface area (TPSA) is 61.8 Å². The Kier molecular flexibility index (Phi) is 11.8. The molecule has 0 aromatic heterocycles. The Labute approximate surface area is 198 Å². The molecule has 6 heteroatoms. The van der Waals surface area contributed by atoms with E-state index >= 15 is 0 Å². The van der Waals surface area contributed by atoms with Gasteiger partial charge in [0, 0.05) is 25.7 Å². The highest BCUT2D eigenvalue weighted by Gasteiger charge is 2.24. The minimum atomic E-state index is -0.160. The van der Waals surface area contributed by atoms with Crippen molar-refractivity contribution in [1.29, 1.82) is 0 Å². The molecule has 0 amide bonds. The van der Waals surface area contributed by atoms with Crippen molar-refractivity contribution in [1.82, 2.24) is 0 Å². The molecule has 0 aliphatic carbocycles. The zero-order valence-electron chi connectivity index (χ0n) is 20.2. The molecule has 1 fully saturated rings. The van der Waals surface area contributed by atoms with Crippen molar-refractivity contribution in [2.24, 2.45) is 5.41 Å². The van der Waals surface area contributed by atoms with Gasteiger partial charge in [-0.25, -0.2) is 0 Å². The van der Waals surface area contributed by atoms with Gasteiger partial charge in [-0.3, -0.25) is 9.59 Å². The fourth-order valence-electron chi connectivity index (χ4n) is 3.88. The van der Waals surface area contributed by atoms with Crippen molar-refractivity contribution in [2.45, 2.75) is 91.5 Å². The van der Waals surface area contributed by atoms with Crippen LogP contribution in [0.2, 0.25) is 0 Å². The molecule has 1 aliphatic rings. The fourth-order valence-corrected chi connectivity index (χ4v) is 4.62. The number of benzene rings is 1. The number of hydrogen-bond donors (Lipinski definition) is 0. The normalized spacial score (nSPS) is 17.7. The Hall–Kier alpha value is -1.37. The average Bonchev–Trinajstić information content (AvgIpc) is 2.77. The average molecular weight is 465 g/mol. The van der Waals surface area contributed by atoms with E-state index in [-0.39, 0.29) is 28.9 Å². The number of aryl methyl sites for hydroxylation is 1. The van der Waals surface area contributed by atoms with Crippen LogP contribution in [-0.2, 0) is 30.2 Å². The van der Waals surface area contributed by atoms with Gasteiger partial charge in [0.25, 0.3) is 0 Å². The molecule has 0 radical (unpaired) electrons. The van der Waals surface area contributed by atoms with E-state index in [0.717, 1.165) is 62.0 Å². The van der Waals surface area contributed by atoms with E-state index < -0.39 is 0 Å². The number of thioether (sulfide) groups is 1. The van der Waals surface area contributed by atoms with Crippen molar-refractivity contribution < 1.29 is 23.8 Å². The lowest BCUT2D eigenvalue weighted by Gasteiger charge is -2.29. The van der Waals surface area contributed by atoms with Gasteiger partial charge in [0.1, 0.15) is 0 Å². The molecule has 0 spiro atoms. The van der Waals surface area contributed by atoms with Gasteiger partial charge in [0.15, 0.2) is 11.4 Å². The van der Waals surface area contributed by atoms with E-state index in [1.807, 2.05) is 13.0 Å². The monoisotopic (exact) mass is 464 g/mol. The van der Waals surface area contributed by atoms with Gasteiger partial charge in [0.05, 0.1) is 12.7 Å². The van der Waals surface area contributed by atoms with Crippen LogP contribution in [0.25, 0.3) is 0 Å². The summed E-state index contributed by atoms with van der Waals surface area (Å²) < 4.78 is 17.3. The third kappa shape index (κ3) is 10.5. The summed E-state index contributed by atoms with van der Waals surface area (Å²) in [4.78, 5) is 23.1. The lowest BCUT2D eigenvalue weighted by atomic mass is 9.88. The molecule has 5 nitrogen and oxygen atoms in total. The van der Waals surface area contributed by atoms with Crippen molar-refractivity contribution in [3.8, 4) is 0 Å². The highest BCUT2D eigenvalue weighted by atomic mass is 32.2. The van der Waals surface area contributed by atoms with Gasteiger partial charge in [-0.1, -0.05) is 49.9 Å². The summed E-state index contributed by atoms with van der Waals surface area (Å²) >= 11 is 1.41. The maximum Gasteiger partial charge on any atom is 0.306 e. The molecule has 0 saturated carbocycles. The van der Waals surface area contributed by atoms with E-state index in [0.29, 0.717) is 19.4 Å². The van der Waals surface area contributed by atoms with Crippen molar-refractivity contribution in [3.63, 3.8) is 0 Å². The Balaban J connectivity index is 2.01. The summed E-state index contributed by atoms with van der Waals surface area (Å²) in [6, 6.07) is 8.36. The summed E-state index contributed by atoms with van der Waals surface area (Å²) in [6.45, 7) is 9.07. The van der Waals surface area contributed by atoms with Gasteiger partial charge in [0.2, 0.25) is 0 Å². The van der Waals surface area contributed by atoms with E-state index in [9.17, 15) is 9.59 Å². The summed E-state index contributed by atoms with van der Waals surface area (Å²) in [7, 11) is 0. The Morgan fingerprint density at radius 3 is 2.78 bits per heavy atom. The molecule has 0 bridgehead atoms. The van der Waals surface area contributed by atoms with Crippen LogP contribution >= 0.6 is 11.8 Å². The van der Waals surface area contributed by atoms with E-state index in [1.165, 1.54) is 11.8 Å². The number of ether oxygens (including phenoxy) is 3. The SMILES string of the molecule is CCOC(=O)CCc1cccc(C(CCCC(C)(C)CSC(C)=O)OC2CCCCO2)c1. The van der Waals surface area contributed by atoms with Crippen LogP contribution in [0, 0.1) is 5.41 Å². The molecule has 180 valence electrons. The molecule has 1 aliphatic heterocycles. The van der Waals surface area contributed by atoms with Crippen molar-refractivity contribution in [3.05, 3.63) is 35.4 Å². The van der Waals surface area contributed by atoms with Crippen LogP contribution in [0.3, 0.4) is 0 Å². The Morgan fingerprint density at radius 1 is 1.28 bits per heavy atom. The lowest BCUT2D eigenvalue weighted by Crippen LogP contribution is -2.25. The number of carbonyl (C=O) groups is 2. The third-order valence-electron chi connectivity index (χ3n) is 5.69. The quantitative estimate of drug-likeness (QED) is 0.322. The second kappa shape index (κ2) is 14.0. The highest BCUT2D eigenvalue weighted by molar-refractivity contribution is 8.13. The first kappa shape index (κ1) is 26.9. The first-order chi connectivity index (χ1) is 15.3. The molecule has 1 aromatic rings. The maximum absolute atomic E-state index is 11.7. The van der Waals surface area contributed by atoms with E-state index in [4.69, 9.17) is 14.2 Å². The standard InChI is InChI=1S/C26H40O5S/c1-5-29-24(28)15-14-21-10-8-11-22(18-21)23(31-25-13-6-7-17-30-25)12-9-16-26(3,4)19-32-20(2)27/h8,10-11,18,23,25H,5-7,9,12-17,19H2,1-4H3. The second-order valence-electron chi connectivity index (χ2n) is 9.31. The number of esters is 1. The molecular weight excluding hydrogens is 424 g/mol. The zero-order valence-corrected chi connectivity index (χ0v) is 21.0. The van der Waals surface area contributed by atoms with Gasteiger partial charge >= 0.3 is 5.97 Å². The van der Waals surface area contributed by atoms with Gasteiger partial charge in [-0.2, -0.15) is 0 Å². The minimum absolute atomic E-state index is 0.0445. The zero-order chi connectivity index (χ0) is 23.4. The molecule has 2 rings (SSSR count). The molecule has 0 N–H and O–H groups in total. The van der Waals surface area contributed by atoms with Crippen LogP contribution < -0.4 is 0 Å². The smallest absolute Gasteiger partial charge is 0.306 e. The second-order valence-corrected chi connectivity index (χ2v) is 10.5. The maximum atomic E-state index is 11.7. The molecule has 1 heterocycles. The van der Waals surface area contributed by atoms with Crippen molar-refractivity contribution >= 4 is 22.8 Å². The third-order valence-corrected chi connectivity index (χ3v) is 7.02. The molecule has 1 aromatic carbocycles. The predicted octanol–water partition coefficient (Wildman–Crippen LogP) is 6.24. The molecule has 2 unspecified atom stereocenters. The van der Waals surface area contributed by atoms with Crippen LogP contribution in [0.15, 0.2) is 24.3 Å². The summed E-state index contributed by atoms with van der Waals surface area (Å²) in [5, 5.41) is 0.174. The first-order valence-electron chi connectivity index (χ1n) is 11.9. The number of hydrogen-bond acceptors (Lipinski definition) is 6. The predicted molar refractivity (Wildman–Crippen MR) is 130 cm³/mol. The van der Waals surface area contributed by atoms with Gasteiger partial charge in [-0.15, -0.1) is 0 Å². The molecule has 2 atom stereocenters. The van der Waals surface area contributed by atoms with Gasteiger partial charge < -0.3 is 14.2 Å². The summed E-state index contributed by atoms with van der Waals surface area (Å²) in [5.74, 6) is 0.676. The Morgan fingerprint density at radius 2 is 2.09 bits per heavy atom. The van der Waals surface area contributed by atoms with E-state index in [1.54, 1.807) is 6.92 Å². The van der Waals surface area contributed by atoms with Crippen molar-refractivity contribution in [2.75, 3.05) is 19.0 Å². The molecular formula is C26H40O5S. The van der Waals surface area contributed by atoms with E-state index in [2.05, 4.69) is 32.0 Å². The van der Waals surface area contributed by atoms with Crippen LogP contribution in [0.1, 0.15) is 89.9 Å². The minimum Gasteiger partial charge on any atom is -0.466 e. The Bertz CT molecular complexity index is 712. The van der Waals surface area contributed by atoms with Crippen LogP contribution in [0.4, 0.5) is 0 Å². The summed E-state index contributed by atoms with van der Waals surface area (Å²) in [6.07, 6.45) is 6.94. The summed E-state index contributed by atoms with van der Waals surface area (Å²) in [5.41, 5.74) is 2.35. The largest absolute Gasteiger partial charge is 0.466 e. The molecule has 32 heavy (non-hydrogen) atoms. The highest BCUT2D eigenvalue weighted by Crippen LogP contribution is 2.33. The molecule has 1 saturated heterocycles. The van der Waals surface area contributed by atoms with Crippen LogP contribution in [-0.4, -0.2) is 36.3 Å². The number of rotatable bonds is 13. The van der Waals surface area contributed by atoms with Gasteiger partial charge in [-0.05, 0) is 68.4 Å². The van der Waals surface area contributed by atoms with Crippen LogP contribution in [0.5, 0.6) is 0 Å². The lowest BCUT2D eigenvalue weighted by molar-refractivity contribution is -0.191.